The van der Waals surface area contributed by atoms with Crippen LogP contribution in [-0.2, 0) is 0 Å². The van der Waals surface area contributed by atoms with Gasteiger partial charge in [-0.25, -0.2) is 4.98 Å². The quantitative estimate of drug-likeness (QED) is 0.568. The molecule has 2 aromatic heterocycles. The van der Waals surface area contributed by atoms with Crippen LogP contribution in [0, 0.1) is 5.92 Å². The van der Waals surface area contributed by atoms with Crippen LogP contribution in [0.25, 0.3) is 10.9 Å². The number of nitrogens with zero attached hydrogens (tertiary/aromatic N) is 3. The summed E-state index contributed by atoms with van der Waals surface area (Å²) in [6.45, 7) is 0.859. The number of fused-ring (bicyclic) bond motifs is 1. The molecule has 0 amide bonds. The average molecular weight is 325 g/mol. The Morgan fingerprint density at radius 2 is 2.17 bits per heavy atom. The number of benzene rings is 1. The Hall–Kier alpha value is -2.90. The van der Waals surface area contributed by atoms with E-state index in [-0.39, 0.29) is 5.56 Å². The van der Waals surface area contributed by atoms with Crippen LogP contribution < -0.4 is 16.2 Å². The van der Waals surface area contributed by atoms with Crippen molar-refractivity contribution >= 4 is 22.5 Å². The molecule has 1 fully saturated rings. The van der Waals surface area contributed by atoms with Crippen LogP contribution in [0.5, 0.6) is 0 Å². The third-order valence-electron chi connectivity index (χ3n) is 4.60. The molecule has 8 nitrogen and oxygen atoms in total. The number of H-pyrrole nitrogens is 2. The average Bonchev–Trinajstić information content (AvgIpc) is 3.21. The predicted molar refractivity (Wildman–Crippen MR) is 92.0 cm³/mol. The monoisotopic (exact) mass is 325 g/mol. The Morgan fingerprint density at radius 1 is 1.21 bits per heavy atom. The van der Waals surface area contributed by atoms with Gasteiger partial charge >= 0.3 is 0 Å². The van der Waals surface area contributed by atoms with Crippen LogP contribution in [0.1, 0.15) is 19.3 Å². The number of anilines is 2. The molecule has 0 aliphatic heterocycles. The highest BCUT2D eigenvalue weighted by Gasteiger charge is 2.27. The molecular formula is C16H19N7O. The predicted octanol–water partition coefficient (Wildman–Crippen LogP) is 1.73. The lowest BCUT2D eigenvalue weighted by Crippen LogP contribution is -2.30. The molecule has 1 aliphatic carbocycles. The molecule has 1 saturated carbocycles. The minimum absolute atomic E-state index is 0.0897. The second-order valence-corrected chi connectivity index (χ2v) is 6.13. The molecule has 2 atom stereocenters. The van der Waals surface area contributed by atoms with Crippen molar-refractivity contribution in [2.45, 2.75) is 25.3 Å². The number of rotatable bonds is 5. The molecule has 24 heavy (non-hydrogen) atoms. The molecule has 8 heteroatoms. The van der Waals surface area contributed by atoms with Crippen molar-refractivity contribution in [1.82, 2.24) is 25.4 Å². The number of hydrogen-bond acceptors (Lipinski definition) is 6. The standard InChI is InChI=1S/C16H19N7O/c24-15-12-5-4-11(8-14(12)21-22-15)18-9-10-2-1-3-13(10)20-16-17-6-7-19-23-16/h4-8,10,13,18H,1-3,9H2,(H,17,20,23)(H2,21,22,24). The maximum Gasteiger partial charge on any atom is 0.271 e. The first-order chi connectivity index (χ1) is 11.8. The van der Waals surface area contributed by atoms with E-state index in [4.69, 9.17) is 0 Å². The summed E-state index contributed by atoms with van der Waals surface area (Å²) in [5.41, 5.74) is 1.73. The van der Waals surface area contributed by atoms with Gasteiger partial charge in [0, 0.05) is 18.3 Å². The van der Waals surface area contributed by atoms with E-state index >= 15 is 0 Å². The zero-order valence-electron chi connectivity index (χ0n) is 13.1. The van der Waals surface area contributed by atoms with E-state index in [1.54, 1.807) is 12.4 Å². The number of hydrogen-bond donors (Lipinski definition) is 4. The van der Waals surface area contributed by atoms with E-state index in [0.29, 0.717) is 23.3 Å². The van der Waals surface area contributed by atoms with Gasteiger partial charge in [-0.05, 0) is 37.0 Å². The zero-order valence-corrected chi connectivity index (χ0v) is 13.1. The Morgan fingerprint density at radius 3 is 3.04 bits per heavy atom. The lowest BCUT2D eigenvalue weighted by atomic mass is 10.0. The molecule has 1 aliphatic rings. The van der Waals surface area contributed by atoms with Gasteiger partial charge in [0.2, 0.25) is 5.95 Å². The van der Waals surface area contributed by atoms with Gasteiger partial charge in [-0.1, -0.05) is 6.42 Å². The normalized spacial score (nSPS) is 20.3. The van der Waals surface area contributed by atoms with Gasteiger partial charge in [0.05, 0.1) is 23.3 Å². The van der Waals surface area contributed by atoms with Crippen molar-refractivity contribution in [2.75, 3.05) is 17.2 Å². The summed E-state index contributed by atoms with van der Waals surface area (Å²) in [6, 6.07) is 6.07. The highest BCUT2D eigenvalue weighted by Crippen LogP contribution is 2.28. The van der Waals surface area contributed by atoms with Gasteiger partial charge < -0.3 is 10.6 Å². The van der Waals surface area contributed by atoms with Gasteiger partial charge in [-0.2, -0.15) is 5.10 Å². The van der Waals surface area contributed by atoms with E-state index in [0.717, 1.165) is 30.6 Å². The smallest absolute Gasteiger partial charge is 0.271 e. The third kappa shape index (κ3) is 2.94. The molecule has 0 spiro atoms. The van der Waals surface area contributed by atoms with E-state index < -0.39 is 0 Å². The van der Waals surface area contributed by atoms with Crippen molar-refractivity contribution in [3.63, 3.8) is 0 Å². The highest BCUT2D eigenvalue weighted by atomic mass is 16.1. The van der Waals surface area contributed by atoms with Crippen LogP contribution in [0.4, 0.5) is 11.6 Å². The van der Waals surface area contributed by atoms with Crippen molar-refractivity contribution < 1.29 is 0 Å². The van der Waals surface area contributed by atoms with Crippen molar-refractivity contribution in [1.29, 1.82) is 0 Å². The fourth-order valence-electron chi connectivity index (χ4n) is 3.35. The summed E-state index contributed by atoms with van der Waals surface area (Å²) in [7, 11) is 0. The highest BCUT2D eigenvalue weighted by molar-refractivity contribution is 5.81. The second-order valence-electron chi connectivity index (χ2n) is 6.13. The van der Waals surface area contributed by atoms with Crippen LogP contribution in [0.3, 0.4) is 0 Å². The summed E-state index contributed by atoms with van der Waals surface area (Å²) in [5.74, 6) is 1.08. The summed E-state index contributed by atoms with van der Waals surface area (Å²) in [5, 5.41) is 20.9. The molecule has 124 valence electrons. The summed E-state index contributed by atoms with van der Waals surface area (Å²) in [6.07, 6.45) is 6.67. The van der Waals surface area contributed by atoms with Crippen molar-refractivity contribution in [2.24, 2.45) is 5.92 Å². The molecule has 4 N–H and O–H groups in total. The molecule has 0 bridgehead atoms. The van der Waals surface area contributed by atoms with Crippen LogP contribution in [-0.4, -0.2) is 38.0 Å². The summed E-state index contributed by atoms with van der Waals surface area (Å²) < 4.78 is 0. The SMILES string of the molecule is O=c1[nH][nH]c2cc(NCC3CCCC3Nc3nccnn3)ccc12. The third-order valence-corrected chi connectivity index (χ3v) is 4.60. The molecule has 4 rings (SSSR count). The maximum atomic E-state index is 11.5. The Kier molecular flexibility index (Phi) is 3.86. The van der Waals surface area contributed by atoms with E-state index in [9.17, 15) is 4.79 Å². The largest absolute Gasteiger partial charge is 0.385 e. The van der Waals surface area contributed by atoms with Gasteiger partial charge in [0.25, 0.3) is 5.56 Å². The molecule has 0 radical (unpaired) electrons. The molecular weight excluding hydrogens is 306 g/mol. The minimum atomic E-state index is -0.0897. The van der Waals surface area contributed by atoms with Crippen LogP contribution >= 0.6 is 0 Å². The lowest BCUT2D eigenvalue weighted by Gasteiger charge is -2.21. The Bertz CT molecular complexity index is 873. The van der Waals surface area contributed by atoms with Gasteiger partial charge in [-0.3, -0.25) is 15.0 Å². The number of aromatic amines is 2. The molecule has 0 saturated heterocycles. The number of aromatic nitrogens is 5. The second kappa shape index (κ2) is 6.31. The fourth-order valence-corrected chi connectivity index (χ4v) is 3.35. The summed E-state index contributed by atoms with van der Waals surface area (Å²) in [4.78, 5) is 15.7. The zero-order chi connectivity index (χ0) is 16.4. The Labute approximate surface area is 138 Å². The first-order valence-electron chi connectivity index (χ1n) is 8.14. The molecule has 1 aromatic carbocycles. The van der Waals surface area contributed by atoms with Gasteiger partial charge in [0.1, 0.15) is 0 Å². The van der Waals surface area contributed by atoms with Crippen LogP contribution in [0.2, 0.25) is 0 Å². The minimum Gasteiger partial charge on any atom is -0.385 e. The number of nitrogens with one attached hydrogen (secondary N) is 4. The fraction of sp³-hybridized carbons (Fsp3) is 0.375. The first-order valence-corrected chi connectivity index (χ1v) is 8.14. The Balaban J connectivity index is 1.41. The van der Waals surface area contributed by atoms with E-state index in [2.05, 4.69) is 36.0 Å². The first kappa shape index (κ1) is 14.7. The van der Waals surface area contributed by atoms with Crippen molar-refractivity contribution in [3.05, 3.63) is 40.9 Å². The van der Waals surface area contributed by atoms with E-state index in [1.807, 2.05) is 18.2 Å². The maximum absolute atomic E-state index is 11.5. The van der Waals surface area contributed by atoms with Gasteiger partial charge in [0.15, 0.2) is 0 Å². The summed E-state index contributed by atoms with van der Waals surface area (Å²) >= 11 is 0. The van der Waals surface area contributed by atoms with Crippen LogP contribution in [0.15, 0.2) is 35.4 Å². The molecule has 2 heterocycles. The topological polar surface area (TPSA) is 111 Å². The molecule has 2 unspecified atom stereocenters. The van der Waals surface area contributed by atoms with Crippen molar-refractivity contribution in [3.8, 4) is 0 Å². The van der Waals surface area contributed by atoms with Gasteiger partial charge in [-0.15, -0.1) is 5.10 Å². The van der Waals surface area contributed by atoms with E-state index in [1.165, 1.54) is 6.42 Å². The lowest BCUT2D eigenvalue weighted by molar-refractivity contribution is 0.527. The molecule has 3 aromatic rings.